The zero-order valence-corrected chi connectivity index (χ0v) is 22.1. The number of likely N-dealkylation sites (tertiary alicyclic amines) is 1. The van der Waals surface area contributed by atoms with Crippen LogP contribution in [0.1, 0.15) is 65.5 Å². The van der Waals surface area contributed by atoms with Gasteiger partial charge in [-0.25, -0.2) is 4.79 Å². The molecule has 0 spiro atoms. The van der Waals surface area contributed by atoms with Crippen molar-refractivity contribution in [2.75, 3.05) is 14.1 Å². The number of nitrogens with zero attached hydrogens (tertiary/aromatic N) is 3. The highest BCUT2D eigenvalue weighted by Gasteiger charge is 2.32. The lowest BCUT2D eigenvalue weighted by molar-refractivity contribution is -0.195. The van der Waals surface area contributed by atoms with E-state index in [1.54, 1.807) is 0 Å². The molecule has 11 heteroatoms. The number of imide groups is 3. The Kier molecular flexibility index (Phi) is 13.6. The number of hydrogen-bond acceptors (Lipinski definition) is 8. The van der Waals surface area contributed by atoms with Gasteiger partial charge in [0.15, 0.2) is 0 Å². The fraction of sp³-hybridized carbons (Fsp3) is 0.414. The van der Waals surface area contributed by atoms with Crippen LogP contribution in [-0.4, -0.2) is 70.4 Å². The summed E-state index contributed by atoms with van der Waals surface area (Å²) in [6.07, 6.45) is 8.03. The molecule has 4 aliphatic rings. The van der Waals surface area contributed by atoms with Crippen molar-refractivity contribution >= 4 is 41.4 Å². The van der Waals surface area contributed by atoms with Crippen LogP contribution in [0, 0.1) is 6.92 Å². The number of carbonyl (C=O) groups excluding carboxylic acids is 7. The van der Waals surface area contributed by atoms with E-state index < -0.39 is 17.8 Å². The van der Waals surface area contributed by atoms with Gasteiger partial charge in [0.25, 0.3) is 23.6 Å². The number of allylic oxidation sites excluding steroid dienone is 2. The number of carbonyl (C=O) groups is 7. The summed E-state index contributed by atoms with van der Waals surface area (Å²) in [5.74, 6) is -2.17. The van der Waals surface area contributed by atoms with Crippen molar-refractivity contribution < 1.29 is 38.4 Å². The molecule has 40 heavy (non-hydrogen) atoms. The molecule has 11 nitrogen and oxygen atoms in total. The normalized spacial score (nSPS) is 17.6. The molecule has 0 N–H and O–H groups in total. The maximum absolute atomic E-state index is 10.7. The number of aryl methyl sites for hydroxylation is 1. The van der Waals surface area contributed by atoms with Crippen molar-refractivity contribution in [1.29, 1.82) is 0 Å². The van der Waals surface area contributed by atoms with Gasteiger partial charge in [0.2, 0.25) is 11.8 Å². The SMILES string of the molecule is C.C.CC(=O)ON1C(=O)CCC1=O.CN1C(=O)C=CC1=O.CN1C(=O)CCC1=O.Cc1ccc(C2(C)C=C2)cc1. The third kappa shape index (κ3) is 10.0. The van der Waals surface area contributed by atoms with E-state index in [4.69, 9.17) is 0 Å². The Morgan fingerprint density at radius 3 is 1.40 bits per heavy atom. The molecular formula is C29H39N3O8. The molecule has 3 aliphatic heterocycles. The number of rotatable bonds is 2. The van der Waals surface area contributed by atoms with E-state index in [9.17, 15) is 33.6 Å². The average Bonchev–Trinajstić information content (AvgIpc) is 3.36. The zero-order chi connectivity index (χ0) is 28.6. The molecule has 0 aromatic heterocycles. The van der Waals surface area contributed by atoms with Crippen molar-refractivity contribution in [1.82, 2.24) is 14.9 Å². The predicted octanol–water partition coefficient (Wildman–Crippen LogP) is 3.01. The minimum absolute atomic E-state index is 0. The van der Waals surface area contributed by atoms with Gasteiger partial charge in [-0.15, -0.1) is 5.06 Å². The van der Waals surface area contributed by atoms with Gasteiger partial charge in [-0.1, -0.05) is 56.8 Å². The Balaban J connectivity index is 0.000000504. The quantitative estimate of drug-likeness (QED) is 0.400. The van der Waals surface area contributed by atoms with E-state index >= 15 is 0 Å². The number of benzene rings is 1. The Morgan fingerprint density at radius 2 is 1.12 bits per heavy atom. The minimum Gasteiger partial charge on any atom is -0.331 e. The topological polar surface area (TPSA) is 138 Å². The lowest BCUT2D eigenvalue weighted by Crippen LogP contribution is -2.30. The van der Waals surface area contributed by atoms with Crippen molar-refractivity contribution in [3.63, 3.8) is 0 Å². The van der Waals surface area contributed by atoms with Gasteiger partial charge in [-0.3, -0.25) is 38.6 Å². The maximum Gasteiger partial charge on any atom is 0.330 e. The summed E-state index contributed by atoms with van der Waals surface area (Å²) in [7, 11) is 2.96. The predicted molar refractivity (Wildman–Crippen MR) is 148 cm³/mol. The highest BCUT2D eigenvalue weighted by atomic mass is 16.7. The van der Waals surface area contributed by atoms with Crippen molar-refractivity contribution in [2.24, 2.45) is 0 Å². The molecule has 0 unspecified atom stereocenters. The van der Waals surface area contributed by atoms with Crippen molar-refractivity contribution in [3.05, 3.63) is 59.7 Å². The first-order valence-electron chi connectivity index (χ1n) is 11.9. The molecule has 0 radical (unpaired) electrons. The van der Waals surface area contributed by atoms with Crippen LogP contribution in [0.3, 0.4) is 0 Å². The van der Waals surface area contributed by atoms with Gasteiger partial charge in [0.05, 0.1) is 0 Å². The second-order valence-electron chi connectivity index (χ2n) is 9.06. The lowest BCUT2D eigenvalue weighted by Gasteiger charge is -2.09. The standard InChI is InChI=1S/C11H12.C6H7NO4.C5H7NO2.C5H5NO2.2CH4/c1-9-3-5-10(6-4-9)11(2)7-8-11;1-4(8)11-7-5(9)2-3-6(7)10;2*1-6-4(7)2-3-5(6)8;;/h3-8H,1-2H3;2-3H2,1H3;2-3H2,1H3;2-3H,1H3;2*1H4. The number of likely N-dealkylation sites (N-methyl/N-ethyl adjacent to an activating group) is 1. The van der Waals surface area contributed by atoms with Crippen LogP contribution in [0.15, 0.2) is 48.6 Å². The first-order valence-corrected chi connectivity index (χ1v) is 11.9. The van der Waals surface area contributed by atoms with Crippen molar-refractivity contribution in [2.45, 2.75) is 66.7 Å². The molecule has 5 rings (SSSR count). The molecule has 3 heterocycles. The van der Waals surface area contributed by atoms with E-state index in [2.05, 4.69) is 55.1 Å². The highest BCUT2D eigenvalue weighted by Crippen LogP contribution is 2.37. The number of hydroxylamine groups is 2. The summed E-state index contributed by atoms with van der Waals surface area (Å²) < 4.78 is 0. The Morgan fingerprint density at radius 1 is 0.725 bits per heavy atom. The van der Waals surface area contributed by atoms with Crippen LogP contribution in [0.2, 0.25) is 0 Å². The number of amides is 6. The first-order chi connectivity index (χ1) is 17.7. The summed E-state index contributed by atoms with van der Waals surface area (Å²) in [6, 6.07) is 8.74. The van der Waals surface area contributed by atoms with Crippen LogP contribution in [0.4, 0.5) is 0 Å². The van der Waals surface area contributed by atoms with Gasteiger partial charge in [-0.2, -0.15) is 0 Å². The lowest BCUT2D eigenvalue weighted by atomic mass is 9.95. The number of hydrogen-bond donors (Lipinski definition) is 0. The highest BCUT2D eigenvalue weighted by molar-refractivity contribution is 6.12. The van der Waals surface area contributed by atoms with Crippen LogP contribution in [0.25, 0.3) is 0 Å². The van der Waals surface area contributed by atoms with Gasteiger partial charge >= 0.3 is 5.97 Å². The Labute approximate surface area is 235 Å². The molecule has 2 fully saturated rings. The third-order valence-corrected chi connectivity index (χ3v) is 5.90. The van der Waals surface area contributed by atoms with Gasteiger partial charge in [-0.05, 0) is 19.4 Å². The van der Waals surface area contributed by atoms with Crippen LogP contribution >= 0.6 is 0 Å². The smallest absolute Gasteiger partial charge is 0.330 e. The molecule has 1 aromatic rings. The molecule has 0 saturated carbocycles. The Hall–Kier alpha value is -4.41. The molecule has 218 valence electrons. The summed E-state index contributed by atoms with van der Waals surface area (Å²) in [6.45, 7) is 5.49. The third-order valence-electron chi connectivity index (χ3n) is 5.90. The molecular weight excluding hydrogens is 518 g/mol. The molecule has 1 aromatic carbocycles. The molecule has 6 amide bonds. The Bertz CT molecular complexity index is 1140. The largest absolute Gasteiger partial charge is 0.331 e. The molecule has 0 bridgehead atoms. The second-order valence-corrected chi connectivity index (χ2v) is 9.06. The second kappa shape index (κ2) is 15.2. The first kappa shape index (κ1) is 35.6. The van der Waals surface area contributed by atoms with Crippen LogP contribution in [0.5, 0.6) is 0 Å². The average molecular weight is 558 g/mol. The fourth-order valence-electron chi connectivity index (χ4n) is 3.18. The zero-order valence-electron chi connectivity index (χ0n) is 22.1. The summed E-state index contributed by atoms with van der Waals surface area (Å²) >= 11 is 0. The molecule has 1 aliphatic carbocycles. The van der Waals surface area contributed by atoms with Gasteiger partial charge < -0.3 is 4.84 Å². The van der Waals surface area contributed by atoms with E-state index in [-0.39, 0.29) is 56.7 Å². The maximum atomic E-state index is 10.7. The van der Waals surface area contributed by atoms with Crippen LogP contribution < -0.4 is 0 Å². The monoisotopic (exact) mass is 557 g/mol. The molecule has 0 atom stereocenters. The summed E-state index contributed by atoms with van der Waals surface area (Å²) in [4.78, 5) is 80.2. The van der Waals surface area contributed by atoms with E-state index in [0.29, 0.717) is 17.9 Å². The van der Waals surface area contributed by atoms with Gasteiger partial charge in [0, 0.05) is 64.3 Å². The van der Waals surface area contributed by atoms with Crippen molar-refractivity contribution in [3.8, 4) is 0 Å². The van der Waals surface area contributed by atoms with Gasteiger partial charge in [0.1, 0.15) is 0 Å². The summed E-state index contributed by atoms with van der Waals surface area (Å²) in [5, 5.41) is 0.516. The summed E-state index contributed by atoms with van der Waals surface area (Å²) in [5.41, 5.74) is 3.02. The molecule has 2 saturated heterocycles. The van der Waals surface area contributed by atoms with E-state index in [1.807, 2.05) is 0 Å². The van der Waals surface area contributed by atoms with Crippen LogP contribution in [-0.2, 0) is 43.8 Å². The van der Waals surface area contributed by atoms with E-state index in [1.165, 1.54) is 42.3 Å². The van der Waals surface area contributed by atoms with E-state index in [0.717, 1.165) is 11.8 Å². The minimum atomic E-state index is -0.659. The fourth-order valence-corrected chi connectivity index (χ4v) is 3.18.